The number of rotatable bonds is 3. The number of halogens is 1. The Balaban J connectivity index is 0.00000112. The first-order valence-corrected chi connectivity index (χ1v) is 4.45. The summed E-state index contributed by atoms with van der Waals surface area (Å²) in [4.78, 5) is 3.86. The molecule has 1 aromatic carbocycles. The van der Waals surface area contributed by atoms with E-state index in [9.17, 15) is 0 Å². The Labute approximate surface area is 94.0 Å². The summed E-state index contributed by atoms with van der Waals surface area (Å²) >= 11 is 0. The Kier molecular flexibility index (Phi) is 4.12. The van der Waals surface area contributed by atoms with Gasteiger partial charge in [-0.3, -0.25) is 4.68 Å². The van der Waals surface area contributed by atoms with E-state index in [1.54, 1.807) is 23.1 Å². The van der Waals surface area contributed by atoms with Crippen LogP contribution in [0.4, 0.5) is 0 Å². The molecule has 0 unspecified atom stereocenters. The minimum atomic E-state index is 0. The Morgan fingerprint density at radius 1 is 1.20 bits per heavy atom. The van der Waals surface area contributed by atoms with Crippen LogP contribution in [0.5, 0.6) is 5.75 Å². The SMILES string of the molecule is Cl.Oc1ccc(CCn2cncn2)cc1. The van der Waals surface area contributed by atoms with Gasteiger partial charge in [-0.15, -0.1) is 12.4 Å². The average Bonchev–Trinajstić information content (AvgIpc) is 2.70. The monoisotopic (exact) mass is 225 g/mol. The van der Waals surface area contributed by atoms with Gasteiger partial charge in [0.15, 0.2) is 0 Å². The van der Waals surface area contributed by atoms with Crippen molar-refractivity contribution in [2.75, 3.05) is 0 Å². The number of nitrogens with zero attached hydrogens (tertiary/aromatic N) is 3. The van der Waals surface area contributed by atoms with Crippen LogP contribution >= 0.6 is 12.4 Å². The van der Waals surface area contributed by atoms with Gasteiger partial charge in [-0.2, -0.15) is 5.10 Å². The van der Waals surface area contributed by atoms with Crippen molar-refractivity contribution in [2.24, 2.45) is 0 Å². The van der Waals surface area contributed by atoms with E-state index in [1.165, 1.54) is 11.9 Å². The van der Waals surface area contributed by atoms with Crippen molar-refractivity contribution in [3.63, 3.8) is 0 Å². The molecular formula is C10H12ClN3O. The van der Waals surface area contributed by atoms with E-state index in [-0.39, 0.29) is 12.4 Å². The van der Waals surface area contributed by atoms with E-state index in [4.69, 9.17) is 5.11 Å². The van der Waals surface area contributed by atoms with Gasteiger partial charge >= 0.3 is 0 Å². The van der Waals surface area contributed by atoms with Crippen LogP contribution in [-0.4, -0.2) is 19.9 Å². The molecule has 0 atom stereocenters. The van der Waals surface area contributed by atoms with Gasteiger partial charge in [-0.25, -0.2) is 4.98 Å². The molecule has 80 valence electrons. The third kappa shape index (κ3) is 3.25. The van der Waals surface area contributed by atoms with E-state index >= 15 is 0 Å². The summed E-state index contributed by atoms with van der Waals surface area (Å²) in [6.45, 7) is 0.810. The normalized spacial score (nSPS) is 9.60. The van der Waals surface area contributed by atoms with E-state index in [1.807, 2.05) is 12.1 Å². The fourth-order valence-electron chi connectivity index (χ4n) is 1.25. The lowest BCUT2D eigenvalue weighted by Gasteiger charge is -2.01. The predicted octanol–water partition coefficient (Wildman–Crippen LogP) is 1.65. The van der Waals surface area contributed by atoms with Gasteiger partial charge in [0.1, 0.15) is 18.4 Å². The highest BCUT2D eigenvalue weighted by molar-refractivity contribution is 5.85. The third-order valence-corrected chi connectivity index (χ3v) is 2.03. The fraction of sp³-hybridized carbons (Fsp3) is 0.200. The molecule has 5 heteroatoms. The van der Waals surface area contributed by atoms with Crippen molar-refractivity contribution >= 4 is 12.4 Å². The Bertz CT molecular complexity index is 386. The third-order valence-electron chi connectivity index (χ3n) is 2.03. The Morgan fingerprint density at radius 3 is 2.53 bits per heavy atom. The summed E-state index contributed by atoms with van der Waals surface area (Å²) in [5.74, 6) is 0.300. The first kappa shape index (κ1) is 11.5. The highest BCUT2D eigenvalue weighted by Crippen LogP contribution is 2.10. The lowest BCUT2D eigenvalue weighted by Crippen LogP contribution is -2.01. The Morgan fingerprint density at radius 2 is 1.93 bits per heavy atom. The summed E-state index contributed by atoms with van der Waals surface area (Å²) < 4.78 is 1.78. The second-order valence-corrected chi connectivity index (χ2v) is 3.08. The van der Waals surface area contributed by atoms with Gasteiger partial charge < -0.3 is 5.11 Å². The van der Waals surface area contributed by atoms with Gasteiger partial charge in [0.05, 0.1) is 0 Å². The van der Waals surface area contributed by atoms with E-state index in [2.05, 4.69) is 10.1 Å². The molecule has 2 aromatic rings. The number of phenolic OH excluding ortho intramolecular Hbond substituents is 1. The highest BCUT2D eigenvalue weighted by atomic mass is 35.5. The van der Waals surface area contributed by atoms with E-state index in [0.717, 1.165) is 13.0 Å². The molecule has 2 rings (SSSR count). The number of aryl methyl sites for hydroxylation is 2. The predicted molar refractivity (Wildman–Crippen MR) is 59.1 cm³/mol. The molecule has 0 saturated heterocycles. The average molecular weight is 226 g/mol. The van der Waals surface area contributed by atoms with Crippen LogP contribution in [0.2, 0.25) is 0 Å². The molecule has 1 N–H and O–H groups in total. The highest BCUT2D eigenvalue weighted by Gasteiger charge is 1.95. The summed E-state index contributed by atoms with van der Waals surface area (Å²) in [5.41, 5.74) is 1.18. The number of hydrogen-bond donors (Lipinski definition) is 1. The molecule has 1 aromatic heterocycles. The number of aromatic hydroxyl groups is 1. The van der Waals surface area contributed by atoms with E-state index < -0.39 is 0 Å². The zero-order chi connectivity index (χ0) is 9.80. The smallest absolute Gasteiger partial charge is 0.137 e. The molecule has 0 aliphatic rings. The van der Waals surface area contributed by atoms with Crippen LogP contribution in [0.25, 0.3) is 0 Å². The van der Waals surface area contributed by atoms with Crippen molar-refractivity contribution in [1.82, 2.24) is 14.8 Å². The summed E-state index contributed by atoms with van der Waals surface area (Å²) in [7, 11) is 0. The zero-order valence-corrected chi connectivity index (χ0v) is 8.89. The van der Waals surface area contributed by atoms with Crippen molar-refractivity contribution in [3.05, 3.63) is 42.5 Å². The lowest BCUT2D eigenvalue weighted by atomic mass is 10.1. The molecular weight excluding hydrogens is 214 g/mol. The van der Waals surface area contributed by atoms with Crippen molar-refractivity contribution in [2.45, 2.75) is 13.0 Å². The van der Waals surface area contributed by atoms with Gasteiger partial charge in [-0.1, -0.05) is 12.1 Å². The van der Waals surface area contributed by atoms with Gasteiger partial charge in [0.2, 0.25) is 0 Å². The number of phenols is 1. The number of benzene rings is 1. The van der Waals surface area contributed by atoms with Crippen molar-refractivity contribution in [3.8, 4) is 5.75 Å². The molecule has 0 saturated carbocycles. The maximum atomic E-state index is 9.08. The first-order chi connectivity index (χ1) is 6.84. The molecule has 0 fully saturated rings. The summed E-state index contributed by atoms with van der Waals surface area (Å²) in [5, 5.41) is 13.1. The van der Waals surface area contributed by atoms with Crippen LogP contribution in [-0.2, 0) is 13.0 Å². The maximum absolute atomic E-state index is 9.08. The van der Waals surface area contributed by atoms with Crippen LogP contribution in [0, 0.1) is 0 Å². The molecule has 0 aliphatic heterocycles. The minimum absolute atomic E-state index is 0. The minimum Gasteiger partial charge on any atom is -0.508 e. The van der Waals surface area contributed by atoms with Crippen molar-refractivity contribution < 1.29 is 5.11 Å². The largest absolute Gasteiger partial charge is 0.508 e. The standard InChI is InChI=1S/C10H11N3O.ClH/c14-10-3-1-9(2-4-10)5-6-13-8-11-7-12-13;/h1-4,7-8,14H,5-6H2;1H. The topological polar surface area (TPSA) is 50.9 Å². The Hall–Kier alpha value is -1.55. The summed E-state index contributed by atoms with van der Waals surface area (Å²) in [6.07, 6.45) is 4.11. The molecule has 0 radical (unpaired) electrons. The second-order valence-electron chi connectivity index (χ2n) is 3.08. The lowest BCUT2D eigenvalue weighted by molar-refractivity contribution is 0.475. The molecule has 0 aliphatic carbocycles. The molecule has 15 heavy (non-hydrogen) atoms. The van der Waals surface area contributed by atoms with Crippen molar-refractivity contribution in [1.29, 1.82) is 0 Å². The number of hydrogen-bond acceptors (Lipinski definition) is 3. The van der Waals surface area contributed by atoms with Crippen LogP contribution < -0.4 is 0 Å². The quantitative estimate of drug-likeness (QED) is 0.864. The zero-order valence-electron chi connectivity index (χ0n) is 8.08. The van der Waals surface area contributed by atoms with Gasteiger partial charge in [0.25, 0.3) is 0 Å². The van der Waals surface area contributed by atoms with E-state index in [0.29, 0.717) is 5.75 Å². The van der Waals surface area contributed by atoms with Gasteiger partial charge in [-0.05, 0) is 24.1 Å². The van der Waals surface area contributed by atoms with Crippen LogP contribution in [0.3, 0.4) is 0 Å². The molecule has 4 nitrogen and oxygen atoms in total. The second kappa shape index (κ2) is 5.36. The van der Waals surface area contributed by atoms with Crippen LogP contribution in [0.15, 0.2) is 36.9 Å². The van der Waals surface area contributed by atoms with Gasteiger partial charge in [0, 0.05) is 6.54 Å². The molecule has 0 amide bonds. The molecule has 1 heterocycles. The summed E-state index contributed by atoms with van der Waals surface area (Å²) in [6, 6.07) is 7.20. The molecule has 0 bridgehead atoms. The molecule has 0 spiro atoms. The first-order valence-electron chi connectivity index (χ1n) is 4.45. The number of aromatic nitrogens is 3. The fourth-order valence-corrected chi connectivity index (χ4v) is 1.25. The van der Waals surface area contributed by atoms with Crippen LogP contribution in [0.1, 0.15) is 5.56 Å². The maximum Gasteiger partial charge on any atom is 0.137 e.